The van der Waals surface area contributed by atoms with Crippen molar-refractivity contribution in [2.45, 2.75) is 63.6 Å². The fraction of sp³-hybridized carbons (Fsp3) is 0.571. The molecule has 7 nitrogen and oxygen atoms in total. The topological polar surface area (TPSA) is 95.9 Å². The van der Waals surface area contributed by atoms with Crippen LogP contribution in [-0.4, -0.2) is 47.0 Å². The summed E-state index contributed by atoms with van der Waals surface area (Å²) >= 11 is 0. The van der Waals surface area contributed by atoms with Gasteiger partial charge in [-0.1, -0.05) is 31.9 Å². The van der Waals surface area contributed by atoms with E-state index in [2.05, 4.69) is 5.32 Å². The maximum atomic E-state index is 13.0. The van der Waals surface area contributed by atoms with Gasteiger partial charge in [0.15, 0.2) is 0 Å². The summed E-state index contributed by atoms with van der Waals surface area (Å²) in [6.07, 6.45) is 3.93. The molecule has 1 aliphatic heterocycles. The molecule has 1 saturated carbocycles. The Morgan fingerprint density at radius 3 is 2.71 bits per heavy atom. The molecule has 3 atom stereocenters. The number of unbranched alkanes of at least 4 members (excludes halogenated alkanes) is 1. The van der Waals surface area contributed by atoms with Gasteiger partial charge in [0.2, 0.25) is 11.8 Å². The molecule has 0 bridgehead atoms. The molecule has 1 heterocycles. The van der Waals surface area contributed by atoms with Crippen molar-refractivity contribution >= 4 is 17.8 Å². The van der Waals surface area contributed by atoms with Gasteiger partial charge >= 0.3 is 5.97 Å². The molecule has 2 aliphatic rings. The number of carbonyl (C=O) groups excluding carboxylic acids is 2. The van der Waals surface area contributed by atoms with Crippen LogP contribution in [0.1, 0.15) is 57.1 Å². The van der Waals surface area contributed by atoms with E-state index >= 15 is 0 Å². The molecule has 1 aliphatic carbocycles. The zero-order valence-corrected chi connectivity index (χ0v) is 16.4. The predicted molar refractivity (Wildman–Crippen MR) is 103 cm³/mol. The van der Waals surface area contributed by atoms with E-state index in [1.54, 1.807) is 7.11 Å². The van der Waals surface area contributed by atoms with Crippen molar-refractivity contribution in [2.24, 2.45) is 5.92 Å². The van der Waals surface area contributed by atoms with Crippen LogP contribution in [0.2, 0.25) is 0 Å². The summed E-state index contributed by atoms with van der Waals surface area (Å²) < 4.78 is 5.31. The van der Waals surface area contributed by atoms with Gasteiger partial charge < -0.3 is 20.1 Å². The summed E-state index contributed by atoms with van der Waals surface area (Å²) in [4.78, 5) is 39.1. The van der Waals surface area contributed by atoms with Crippen molar-refractivity contribution < 1.29 is 24.2 Å². The number of hydrogen-bond donors (Lipinski definition) is 2. The fourth-order valence-corrected chi connectivity index (χ4v) is 3.94. The first-order valence-corrected chi connectivity index (χ1v) is 9.94. The number of methoxy groups -OCH3 is 1. The molecule has 2 N–H and O–H groups in total. The molecule has 0 aromatic heterocycles. The van der Waals surface area contributed by atoms with E-state index in [-0.39, 0.29) is 24.3 Å². The molecule has 3 rings (SSSR count). The predicted octanol–water partition coefficient (Wildman–Crippen LogP) is 2.51. The Morgan fingerprint density at radius 2 is 2.11 bits per heavy atom. The lowest BCUT2D eigenvalue weighted by Gasteiger charge is -2.29. The Kier molecular flexibility index (Phi) is 6.21. The highest BCUT2D eigenvalue weighted by molar-refractivity contribution is 5.92. The summed E-state index contributed by atoms with van der Waals surface area (Å²) in [6.45, 7) is 1.97. The zero-order valence-electron chi connectivity index (χ0n) is 16.4. The maximum absolute atomic E-state index is 13.0. The molecule has 2 amide bonds. The van der Waals surface area contributed by atoms with Crippen LogP contribution in [0.5, 0.6) is 5.75 Å². The van der Waals surface area contributed by atoms with Crippen LogP contribution < -0.4 is 10.1 Å². The third-order valence-electron chi connectivity index (χ3n) is 5.54. The van der Waals surface area contributed by atoms with Gasteiger partial charge in [0.05, 0.1) is 19.1 Å². The lowest BCUT2D eigenvalue weighted by atomic mass is 9.92. The molecule has 0 spiro atoms. The van der Waals surface area contributed by atoms with Gasteiger partial charge in [-0.2, -0.15) is 0 Å². The number of amides is 2. The standard InChI is InChI=1S/C21H28N2O5/c1-3-4-8-17(21(26)27)22-20(25)16-12-18(24)23(14-9-10-14)19(16)13-6-5-7-15(11-13)28-2/h5-7,11,14,16-17,19H,3-4,8-10,12H2,1-2H3,(H,22,25)(H,26,27)/t16?,17-,19?/m0/s1. The minimum Gasteiger partial charge on any atom is -0.497 e. The average molecular weight is 388 g/mol. The first kappa shape index (κ1) is 20.2. The third-order valence-corrected chi connectivity index (χ3v) is 5.54. The van der Waals surface area contributed by atoms with Crippen LogP contribution in [0.25, 0.3) is 0 Å². The second kappa shape index (κ2) is 8.63. The molecule has 2 fully saturated rings. The molecule has 28 heavy (non-hydrogen) atoms. The smallest absolute Gasteiger partial charge is 0.326 e. The summed E-state index contributed by atoms with van der Waals surface area (Å²) in [5.41, 5.74) is 0.845. The van der Waals surface area contributed by atoms with Crippen molar-refractivity contribution in [3.63, 3.8) is 0 Å². The van der Waals surface area contributed by atoms with Gasteiger partial charge in [-0.3, -0.25) is 9.59 Å². The van der Waals surface area contributed by atoms with Crippen molar-refractivity contribution in [2.75, 3.05) is 7.11 Å². The highest BCUT2D eigenvalue weighted by atomic mass is 16.5. The third kappa shape index (κ3) is 4.29. The summed E-state index contributed by atoms with van der Waals surface area (Å²) in [5, 5.41) is 12.1. The molecule has 1 saturated heterocycles. The normalized spacial score (nSPS) is 22.8. The van der Waals surface area contributed by atoms with Crippen LogP contribution in [0.15, 0.2) is 24.3 Å². The van der Waals surface area contributed by atoms with Gasteiger partial charge in [-0.05, 0) is 37.0 Å². The number of carboxylic acids is 1. The summed E-state index contributed by atoms with van der Waals surface area (Å²) in [6, 6.07) is 6.26. The van der Waals surface area contributed by atoms with Crippen LogP contribution >= 0.6 is 0 Å². The van der Waals surface area contributed by atoms with E-state index in [1.807, 2.05) is 36.1 Å². The Bertz CT molecular complexity index is 746. The number of hydrogen-bond acceptors (Lipinski definition) is 4. The first-order chi connectivity index (χ1) is 13.5. The maximum Gasteiger partial charge on any atom is 0.326 e. The first-order valence-electron chi connectivity index (χ1n) is 9.94. The zero-order chi connectivity index (χ0) is 20.3. The minimum atomic E-state index is -1.04. The van der Waals surface area contributed by atoms with Gasteiger partial charge in [0.25, 0.3) is 0 Å². The van der Waals surface area contributed by atoms with Gasteiger partial charge in [0.1, 0.15) is 11.8 Å². The number of carbonyl (C=O) groups is 3. The number of nitrogens with one attached hydrogen (secondary N) is 1. The number of aliphatic carboxylic acids is 1. The number of nitrogens with zero attached hydrogens (tertiary/aromatic N) is 1. The Labute approximate surface area is 165 Å². The summed E-state index contributed by atoms with van der Waals surface area (Å²) in [7, 11) is 1.58. The lowest BCUT2D eigenvalue weighted by Crippen LogP contribution is -2.45. The molecule has 0 radical (unpaired) electrons. The second-order valence-corrected chi connectivity index (χ2v) is 7.61. The molecule has 2 unspecified atom stereocenters. The van der Waals surface area contributed by atoms with Gasteiger partial charge in [-0.25, -0.2) is 4.79 Å². The number of ether oxygens (including phenoxy) is 1. The van der Waals surface area contributed by atoms with Gasteiger partial charge in [0, 0.05) is 12.5 Å². The molecular formula is C21H28N2O5. The van der Waals surface area contributed by atoms with Gasteiger partial charge in [-0.15, -0.1) is 0 Å². The number of rotatable bonds is 9. The van der Waals surface area contributed by atoms with E-state index in [4.69, 9.17) is 4.74 Å². The average Bonchev–Trinajstić information content (AvgIpc) is 3.46. The van der Waals surface area contributed by atoms with Crippen LogP contribution in [0.3, 0.4) is 0 Å². The lowest BCUT2D eigenvalue weighted by molar-refractivity contribution is -0.142. The monoisotopic (exact) mass is 388 g/mol. The molecular weight excluding hydrogens is 360 g/mol. The van der Waals surface area contributed by atoms with Crippen molar-refractivity contribution in [1.82, 2.24) is 10.2 Å². The molecule has 7 heteroatoms. The van der Waals surface area contributed by atoms with E-state index < -0.39 is 24.0 Å². The molecule has 1 aromatic carbocycles. The van der Waals surface area contributed by atoms with Crippen molar-refractivity contribution in [1.29, 1.82) is 0 Å². The number of benzene rings is 1. The fourth-order valence-electron chi connectivity index (χ4n) is 3.94. The van der Waals surface area contributed by atoms with E-state index in [0.29, 0.717) is 18.6 Å². The van der Waals surface area contributed by atoms with Crippen molar-refractivity contribution in [3.8, 4) is 5.75 Å². The Morgan fingerprint density at radius 1 is 1.36 bits per heavy atom. The van der Waals surface area contributed by atoms with Crippen LogP contribution in [0.4, 0.5) is 0 Å². The highest BCUT2D eigenvalue weighted by Gasteiger charge is 2.50. The minimum absolute atomic E-state index is 0.0455. The number of likely N-dealkylation sites (tertiary alicyclic amines) is 1. The quantitative estimate of drug-likeness (QED) is 0.678. The second-order valence-electron chi connectivity index (χ2n) is 7.61. The van der Waals surface area contributed by atoms with Crippen LogP contribution in [-0.2, 0) is 14.4 Å². The Hall–Kier alpha value is -2.57. The van der Waals surface area contributed by atoms with Crippen LogP contribution in [0, 0.1) is 5.92 Å². The largest absolute Gasteiger partial charge is 0.497 e. The van der Waals surface area contributed by atoms with E-state index in [0.717, 1.165) is 24.8 Å². The highest BCUT2D eigenvalue weighted by Crippen LogP contribution is 2.45. The van der Waals surface area contributed by atoms with E-state index in [1.165, 1.54) is 0 Å². The molecule has 1 aromatic rings. The Balaban J connectivity index is 1.85. The molecule has 152 valence electrons. The van der Waals surface area contributed by atoms with E-state index in [9.17, 15) is 19.5 Å². The SMILES string of the molecule is CCCC[C@H](NC(=O)C1CC(=O)N(C2CC2)C1c1cccc(OC)c1)C(=O)O. The number of carboxylic acid groups (broad SMARTS) is 1. The summed E-state index contributed by atoms with van der Waals surface area (Å²) in [5.74, 6) is -1.39. The van der Waals surface area contributed by atoms with Crippen molar-refractivity contribution in [3.05, 3.63) is 29.8 Å².